The Morgan fingerprint density at radius 1 is 1.53 bits per heavy atom. The van der Waals surface area contributed by atoms with Crippen molar-refractivity contribution in [3.63, 3.8) is 0 Å². The molecule has 0 N–H and O–H groups in total. The van der Waals surface area contributed by atoms with Crippen LogP contribution >= 0.6 is 0 Å². The van der Waals surface area contributed by atoms with Gasteiger partial charge in [-0.05, 0) is 12.1 Å². The molecule has 0 fully saturated rings. The van der Waals surface area contributed by atoms with Gasteiger partial charge in [-0.15, -0.1) is 6.58 Å². The van der Waals surface area contributed by atoms with Gasteiger partial charge in [0.25, 0.3) is 10.0 Å². The van der Waals surface area contributed by atoms with E-state index in [0.717, 1.165) is 4.31 Å². The molecule has 0 aliphatic rings. The average molecular weight is 229 g/mol. The van der Waals surface area contributed by atoms with Gasteiger partial charge in [0.15, 0.2) is 12.0 Å². The Hall–Kier alpha value is -1.40. The third-order valence-electron chi connectivity index (χ3n) is 1.77. The largest absolute Gasteiger partial charge is 0.440 e. The molecule has 0 radical (unpaired) electrons. The first kappa shape index (κ1) is 11.7. The second kappa shape index (κ2) is 4.41. The van der Waals surface area contributed by atoms with Gasteiger partial charge < -0.3 is 4.42 Å². The van der Waals surface area contributed by atoms with E-state index in [-0.39, 0.29) is 17.4 Å². The summed E-state index contributed by atoms with van der Waals surface area (Å²) < 4.78 is 29.3. The fourth-order valence-electron chi connectivity index (χ4n) is 0.970. The molecule has 0 saturated heterocycles. The Morgan fingerprint density at radius 3 is 2.67 bits per heavy atom. The highest BCUT2D eigenvalue weighted by atomic mass is 32.2. The van der Waals surface area contributed by atoms with E-state index < -0.39 is 10.0 Å². The molecule has 1 aromatic rings. The highest BCUT2D eigenvalue weighted by Gasteiger charge is 2.23. The number of hydrogen-bond donors (Lipinski definition) is 0. The van der Waals surface area contributed by atoms with E-state index in [9.17, 15) is 13.2 Å². The quantitative estimate of drug-likeness (QED) is 0.555. The van der Waals surface area contributed by atoms with Crippen LogP contribution < -0.4 is 0 Å². The van der Waals surface area contributed by atoms with Crippen LogP contribution in [-0.2, 0) is 10.0 Å². The monoisotopic (exact) mass is 229 g/mol. The Morgan fingerprint density at radius 2 is 2.20 bits per heavy atom. The standard InChI is InChI=1S/C9H11NO4S/c1-3-6-10(2)15(12,13)9-5-4-8(7-11)14-9/h3-5,7H,1,6H2,2H3. The summed E-state index contributed by atoms with van der Waals surface area (Å²) in [6.45, 7) is 3.62. The van der Waals surface area contributed by atoms with E-state index in [2.05, 4.69) is 6.58 Å². The normalized spacial score (nSPS) is 11.6. The van der Waals surface area contributed by atoms with Gasteiger partial charge in [0.1, 0.15) is 0 Å². The number of carbonyl (C=O) groups is 1. The molecule has 0 saturated carbocycles. The second-order valence-corrected chi connectivity index (χ2v) is 4.82. The maximum atomic E-state index is 11.7. The molecule has 1 rings (SSSR count). The second-order valence-electron chi connectivity index (χ2n) is 2.85. The third kappa shape index (κ3) is 2.34. The summed E-state index contributed by atoms with van der Waals surface area (Å²) in [5, 5.41) is -0.242. The average Bonchev–Trinajstić information content (AvgIpc) is 2.66. The van der Waals surface area contributed by atoms with Crippen LogP contribution in [0.15, 0.2) is 34.3 Å². The highest BCUT2D eigenvalue weighted by Crippen LogP contribution is 2.16. The smallest absolute Gasteiger partial charge is 0.276 e. The zero-order valence-corrected chi connectivity index (χ0v) is 9.03. The molecule has 0 amide bonds. The fourth-order valence-corrected chi connectivity index (χ4v) is 2.02. The lowest BCUT2D eigenvalue weighted by atomic mass is 10.5. The van der Waals surface area contributed by atoms with Crippen molar-refractivity contribution < 1.29 is 17.6 Å². The first-order chi connectivity index (χ1) is 7.02. The Kier molecular flexibility index (Phi) is 3.43. The van der Waals surface area contributed by atoms with Gasteiger partial charge in [-0.2, -0.15) is 4.31 Å². The molecule has 5 nitrogen and oxygen atoms in total. The lowest BCUT2D eigenvalue weighted by molar-refractivity contribution is 0.109. The number of likely N-dealkylation sites (N-methyl/N-ethyl adjacent to an activating group) is 1. The molecular weight excluding hydrogens is 218 g/mol. The summed E-state index contributed by atoms with van der Waals surface area (Å²) >= 11 is 0. The zero-order chi connectivity index (χ0) is 11.5. The predicted octanol–water partition coefficient (Wildman–Crippen LogP) is 0.899. The molecule has 0 aromatic carbocycles. The van der Waals surface area contributed by atoms with Crippen molar-refractivity contribution in [1.82, 2.24) is 4.31 Å². The minimum Gasteiger partial charge on any atom is -0.440 e. The molecule has 0 bridgehead atoms. The van der Waals surface area contributed by atoms with Crippen LogP contribution in [0.5, 0.6) is 0 Å². The molecule has 1 heterocycles. The third-order valence-corrected chi connectivity index (χ3v) is 3.47. The number of hydrogen-bond acceptors (Lipinski definition) is 4. The van der Waals surface area contributed by atoms with Crippen molar-refractivity contribution in [2.24, 2.45) is 0 Å². The Labute approximate surface area is 88.0 Å². The van der Waals surface area contributed by atoms with Gasteiger partial charge in [-0.3, -0.25) is 4.79 Å². The minimum atomic E-state index is -3.65. The van der Waals surface area contributed by atoms with Gasteiger partial charge in [-0.25, -0.2) is 8.42 Å². The Balaban J connectivity index is 3.05. The molecule has 0 atom stereocenters. The van der Waals surface area contributed by atoms with Crippen LogP contribution in [0.3, 0.4) is 0 Å². The highest BCUT2D eigenvalue weighted by molar-refractivity contribution is 7.89. The van der Waals surface area contributed by atoms with Crippen molar-refractivity contribution in [1.29, 1.82) is 0 Å². The molecule has 0 aliphatic heterocycles. The maximum Gasteiger partial charge on any atom is 0.276 e. The number of sulfonamides is 1. The van der Waals surface area contributed by atoms with Crippen molar-refractivity contribution >= 4 is 16.3 Å². The van der Waals surface area contributed by atoms with E-state index in [4.69, 9.17) is 4.42 Å². The van der Waals surface area contributed by atoms with E-state index >= 15 is 0 Å². The molecular formula is C9H11NO4S. The molecule has 6 heteroatoms. The minimum absolute atomic E-state index is 0.0134. The molecule has 0 unspecified atom stereocenters. The number of carbonyl (C=O) groups excluding carboxylic acids is 1. The molecule has 0 aliphatic carbocycles. The van der Waals surface area contributed by atoms with E-state index in [0.29, 0.717) is 6.29 Å². The van der Waals surface area contributed by atoms with Gasteiger partial charge >= 0.3 is 0 Å². The van der Waals surface area contributed by atoms with Crippen molar-refractivity contribution in [2.75, 3.05) is 13.6 Å². The van der Waals surface area contributed by atoms with E-state index in [1.165, 1.54) is 25.3 Å². The SMILES string of the molecule is C=CCN(C)S(=O)(=O)c1ccc(C=O)o1. The zero-order valence-electron chi connectivity index (χ0n) is 8.21. The van der Waals surface area contributed by atoms with Crippen LogP contribution in [0.4, 0.5) is 0 Å². The van der Waals surface area contributed by atoms with Gasteiger partial charge in [0.2, 0.25) is 5.09 Å². The van der Waals surface area contributed by atoms with Crippen LogP contribution in [0.1, 0.15) is 10.6 Å². The lowest BCUT2D eigenvalue weighted by Gasteiger charge is -2.12. The van der Waals surface area contributed by atoms with Crippen LogP contribution in [0.2, 0.25) is 0 Å². The fraction of sp³-hybridized carbons (Fsp3) is 0.222. The summed E-state index contributed by atoms with van der Waals surface area (Å²) in [6.07, 6.45) is 1.91. The number of rotatable bonds is 5. The summed E-state index contributed by atoms with van der Waals surface area (Å²) in [6, 6.07) is 2.56. The van der Waals surface area contributed by atoms with E-state index in [1.54, 1.807) is 0 Å². The topological polar surface area (TPSA) is 67.6 Å². The van der Waals surface area contributed by atoms with E-state index in [1.807, 2.05) is 0 Å². The van der Waals surface area contributed by atoms with Crippen molar-refractivity contribution in [2.45, 2.75) is 5.09 Å². The summed E-state index contributed by atoms with van der Waals surface area (Å²) in [5.41, 5.74) is 0. The molecule has 0 spiro atoms. The van der Waals surface area contributed by atoms with Crippen molar-refractivity contribution in [3.8, 4) is 0 Å². The molecule has 15 heavy (non-hydrogen) atoms. The maximum absolute atomic E-state index is 11.7. The lowest BCUT2D eigenvalue weighted by Crippen LogP contribution is -2.26. The molecule has 82 valence electrons. The van der Waals surface area contributed by atoms with Crippen LogP contribution in [0.25, 0.3) is 0 Å². The first-order valence-electron chi connectivity index (χ1n) is 4.14. The number of aldehydes is 1. The molecule has 1 aromatic heterocycles. The van der Waals surface area contributed by atoms with Gasteiger partial charge in [-0.1, -0.05) is 6.08 Å². The van der Waals surface area contributed by atoms with Crippen LogP contribution in [-0.4, -0.2) is 32.6 Å². The van der Waals surface area contributed by atoms with Crippen molar-refractivity contribution in [3.05, 3.63) is 30.5 Å². The van der Waals surface area contributed by atoms with Gasteiger partial charge in [0, 0.05) is 13.6 Å². The summed E-state index contributed by atoms with van der Waals surface area (Å²) in [7, 11) is -2.25. The number of nitrogens with zero attached hydrogens (tertiary/aromatic N) is 1. The summed E-state index contributed by atoms with van der Waals surface area (Å²) in [4.78, 5) is 10.3. The van der Waals surface area contributed by atoms with Crippen LogP contribution in [0, 0.1) is 0 Å². The van der Waals surface area contributed by atoms with Gasteiger partial charge in [0.05, 0.1) is 0 Å². The Bertz CT molecular complexity index is 460. The summed E-state index contributed by atoms with van der Waals surface area (Å²) in [5.74, 6) is -0.0134. The first-order valence-corrected chi connectivity index (χ1v) is 5.58. The number of furan rings is 1. The predicted molar refractivity (Wildman–Crippen MR) is 54.1 cm³/mol.